The number of carbonyl (C=O) groups excluding carboxylic acids is 1. The van der Waals surface area contributed by atoms with Gasteiger partial charge in [0.05, 0.1) is 12.6 Å². The molecular weight excluding hydrogens is 266 g/mol. The molecule has 0 bridgehead atoms. The Morgan fingerprint density at radius 1 is 1.33 bits per heavy atom. The van der Waals surface area contributed by atoms with Crippen LogP contribution >= 0.6 is 0 Å². The molecule has 0 saturated carbocycles. The standard InChI is InChI=1S/C17H23NO3/c1-5-12-20-13-11-15(14-9-7-6-8-10-14)18-16(19)21-17(2,3)4/h1,6-10,15H,11-13H2,2-4H3,(H,18,19)/t15-/m1/s1. The molecule has 0 radical (unpaired) electrons. The fraction of sp³-hybridized carbons (Fsp3) is 0.471. The molecule has 21 heavy (non-hydrogen) atoms. The minimum Gasteiger partial charge on any atom is -0.444 e. The van der Waals surface area contributed by atoms with Gasteiger partial charge in [0, 0.05) is 0 Å². The topological polar surface area (TPSA) is 47.6 Å². The molecule has 0 aliphatic carbocycles. The first kappa shape index (κ1) is 17.1. The lowest BCUT2D eigenvalue weighted by molar-refractivity contribution is 0.0490. The summed E-state index contributed by atoms with van der Waals surface area (Å²) in [6, 6.07) is 9.55. The fourth-order valence-electron chi connectivity index (χ4n) is 1.79. The Balaban J connectivity index is 2.64. The van der Waals surface area contributed by atoms with Crippen molar-refractivity contribution in [1.82, 2.24) is 5.32 Å². The molecule has 1 rings (SSSR count). The van der Waals surface area contributed by atoms with E-state index in [0.717, 1.165) is 5.56 Å². The molecule has 0 heterocycles. The highest BCUT2D eigenvalue weighted by Gasteiger charge is 2.20. The van der Waals surface area contributed by atoms with E-state index in [1.165, 1.54) is 0 Å². The van der Waals surface area contributed by atoms with Gasteiger partial charge in [-0.2, -0.15) is 0 Å². The molecule has 1 N–H and O–H groups in total. The average Bonchev–Trinajstić information content (AvgIpc) is 2.41. The lowest BCUT2D eigenvalue weighted by Gasteiger charge is -2.24. The van der Waals surface area contributed by atoms with Crippen LogP contribution in [-0.2, 0) is 9.47 Å². The maximum Gasteiger partial charge on any atom is 0.408 e. The monoisotopic (exact) mass is 289 g/mol. The van der Waals surface area contributed by atoms with Gasteiger partial charge in [-0.1, -0.05) is 36.3 Å². The number of terminal acetylenes is 1. The highest BCUT2D eigenvalue weighted by atomic mass is 16.6. The van der Waals surface area contributed by atoms with E-state index < -0.39 is 11.7 Å². The second kappa shape index (κ2) is 8.33. The van der Waals surface area contributed by atoms with E-state index in [1.54, 1.807) is 0 Å². The third kappa shape index (κ3) is 7.38. The minimum absolute atomic E-state index is 0.168. The summed E-state index contributed by atoms with van der Waals surface area (Å²) < 4.78 is 10.6. The molecule has 4 nitrogen and oxygen atoms in total. The van der Waals surface area contributed by atoms with Crippen molar-refractivity contribution in [2.24, 2.45) is 0 Å². The van der Waals surface area contributed by atoms with E-state index in [-0.39, 0.29) is 12.6 Å². The van der Waals surface area contributed by atoms with Gasteiger partial charge in [-0.15, -0.1) is 6.42 Å². The van der Waals surface area contributed by atoms with Gasteiger partial charge in [-0.05, 0) is 32.8 Å². The molecule has 1 aromatic rings. The van der Waals surface area contributed by atoms with Crippen LogP contribution in [0.15, 0.2) is 30.3 Å². The number of hydrogen-bond acceptors (Lipinski definition) is 3. The van der Waals surface area contributed by atoms with Crippen molar-refractivity contribution in [2.45, 2.75) is 38.8 Å². The van der Waals surface area contributed by atoms with Crippen molar-refractivity contribution < 1.29 is 14.3 Å². The third-order valence-electron chi connectivity index (χ3n) is 2.63. The number of benzene rings is 1. The van der Waals surface area contributed by atoms with Gasteiger partial charge >= 0.3 is 6.09 Å². The highest BCUT2D eigenvalue weighted by Crippen LogP contribution is 2.18. The van der Waals surface area contributed by atoms with Gasteiger partial charge < -0.3 is 14.8 Å². The Morgan fingerprint density at radius 3 is 2.57 bits per heavy atom. The Morgan fingerprint density at radius 2 is 2.00 bits per heavy atom. The molecular formula is C17H23NO3. The van der Waals surface area contributed by atoms with Crippen LogP contribution < -0.4 is 5.32 Å². The third-order valence-corrected chi connectivity index (χ3v) is 2.63. The molecule has 0 unspecified atom stereocenters. The first-order valence-electron chi connectivity index (χ1n) is 6.98. The van der Waals surface area contributed by atoms with Crippen LogP contribution in [0.25, 0.3) is 0 Å². The molecule has 0 spiro atoms. The van der Waals surface area contributed by atoms with E-state index in [9.17, 15) is 4.79 Å². The lowest BCUT2D eigenvalue weighted by atomic mass is 10.0. The molecule has 1 amide bonds. The maximum atomic E-state index is 11.9. The molecule has 0 aromatic heterocycles. The van der Waals surface area contributed by atoms with Gasteiger partial charge in [0.2, 0.25) is 0 Å². The summed E-state index contributed by atoms with van der Waals surface area (Å²) in [6.07, 6.45) is 5.34. The van der Waals surface area contributed by atoms with Crippen molar-refractivity contribution >= 4 is 6.09 Å². The van der Waals surface area contributed by atoms with E-state index in [0.29, 0.717) is 13.0 Å². The van der Waals surface area contributed by atoms with Crippen LogP contribution in [-0.4, -0.2) is 24.9 Å². The number of alkyl carbamates (subject to hydrolysis) is 1. The van der Waals surface area contributed by atoms with Gasteiger partial charge in [0.25, 0.3) is 0 Å². The first-order valence-corrected chi connectivity index (χ1v) is 6.98. The molecule has 1 aromatic carbocycles. The Kier molecular flexibility index (Phi) is 6.77. The van der Waals surface area contributed by atoms with Crippen LogP contribution in [0.4, 0.5) is 4.79 Å². The van der Waals surface area contributed by atoms with Crippen molar-refractivity contribution in [3.63, 3.8) is 0 Å². The Hall–Kier alpha value is -1.99. The van der Waals surface area contributed by atoms with Gasteiger partial charge in [-0.3, -0.25) is 0 Å². The SMILES string of the molecule is C#CCOCC[C@@H](NC(=O)OC(C)(C)C)c1ccccc1. The molecule has 4 heteroatoms. The van der Waals surface area contributed by atoms with E-state index >= 15 is 0 Å². The number of hydrogen-bond donors (Lipinski definition) is 1. The van der Waals surface area contributed by atoms with Gasteiger partial charge in [-0.25, -0.2) is 4.79 Å². The van der Waals surface area contributed by atoms with Gasteiger partial charge in [0.15, 0.2) is 0 Å². The van der Waals surface area contributed by atoms with Crippen LogP contribution in [0.5, 0.6) is 0 Å². The van der Waals surface area contributed by atoms with Gasteiger partial charge in [0.1, 0.15) is 12.2 Å². The second-order valence-electron chi connectivity index (χ2n) is 5.65. The molecule has 0 saturated heterocycles. The molecule has 0 aliphatic rings. The number of rotatable bonds is 6. The predicted molar refractivity (Wildman–Crippen MR) is 82.8 cm³/mol. The zero-order valence-electron chi connectivity index (χ0n) is 12.9. The normalized spacial score (nSPS) is 12.3. The predicted octanol–water partition coefficient (Wildman–Crippen LogP) is 3.29. The number of nitrogens with one attached hydrogen (secondary N) is 1. The molecule has 0 fully saturated rings. The Labute approximate surface area is 126 Å². The summed E-state index contributed by atoms with van der Waals surface area (Å²) in [7, 11) is 0. The maximum absolute atomic E-state index is 11.9. The zero-order chi connectivity index (χ0) is 15.7. The zero-order valence-corrected chi connectivity index (χ0v) is 12.9. The minimum atomic E-state index is -0.523. The highest BCUT2D eigenvalue weighted by molar-refractivity contribution is 5.68. The van der Waals surface area contributed by atoms with Crippen molar-refractivity contribution in [3.8, 4) is 12.3 Å². The van der Waals surface area contributed by atoms with Crippen LogP contribution in [0, 0.1) is 12.3 Å². The summed E-state index contributed by atoms with van der Waals surface area (Å²) in [5, 5.41) is 2.87. The van der Waals surface area contributed by atoms with Crippen molar-refractivity contribution in [2.75, 3.05) is 13.2 Å². The van der Waals surface area contributed by atoms with E-state index in [1.807, 2.05) is 51.1 Å². The fourth-order valence-corrected chi connectivity index (χ4v) is 1.79. The summed E-state index contributed by atoms with van der Waals surface area (Å²) >= 11 is 0. The average molecular weight is 289 g/mol. The summed E-state index contributed by atoms with van der Waals surface area (Å²) in [6.45, 7) is 6.24. The summed E-state index contributed by atoms with van der Waals surface area (Å²) in [4.78, 5) is 11.9. The number of carbonyl (C=O) groups is 1. The van der Waals surface area contributed by atoms with Crippen molar-refractivity contribution in [3.05, 3.63) is 35.9 Å². The molecule has 0 aliphatic heterocycles. The van der Waals surface area contributed by atoms with Crippen LogP contribution in [0.2, 0.25) is 0 Å². The number of ether oxygens (including phenoxy) is 2. The summed E-state index contributed by atoms with van der Waals surface area (Å²) in [5.41, 5.74) is 0.485. The quantitative estimate of drug-likeness (QED) is 0.645. The van der Waals surface area contributed by atoms with Crippen LogP contribution in [0.1, 0.15) is 38.8 Å². The molecule has 114 valence electrons. The smallest absolute Gasteiger partial charge is 0.408 e. The second-order valence-corrected chi connectivity index (χ2v) is 5.65. The van der Waals surface area contributed by atoms with Crippen LogP contribution in [0.3, 0.4) is 0 Å². The number of amides is 1. The van der Waals surface area contributed by atoms with E-state index in [4.69, 9.17) is 15.9 Å². The van der Waals surface area contributed by atoms with E-state index in [2.05, 4.69) is 11.2 Å². The molecule has 1 atom stereocenters. The van der Waals surface area contributed by atoms with Crippen molar-refractivity contribution in [1.29, 1.82) is 0 Å². The lowest BCUT2D eigenvalue weighted by Crippen LogP contribution is -2.35. The Bertz CT molecular complexity index is 471. The summed E-state index contributed by atoms with van der Waals surface area (Å²) in [5.74, 6) is 2.42. The first-order chi connectivity index (χ1) is 9.92. The largest absolute Gasteiger partial charge is 0.444 e.